The first-order chi connectivity index (χ1) is 8.00. The number of hydrogen-bond acceptors (Lipinski definition) is 1. The lowest BCUT2D eigenvalue weighted by Crippen LogP contribution is -2.38. The molecule has 1 aliphatic carbocycles. The smallest absolute Gasteiger partial charge is 0.197 e. The number of benzene rings is 1. The van der Waals surface area contributed by atoms with Crippen molar-refractivity contribution in [1.29, 1.82) is 5.26 Å². The zero-order valence-electron chi connectivity index (χ0n) is 9.17. The van der Waals surface area contributed by atoms with Gasteiger partial charge in [-0.25, -0.2) is 0 Å². The molecule has 0 aromatic heterocycles. The van der Waals surface area contributed by atoms with E-state index >= 15 is 0 Å². The van der Waals surface area contributed by atoms with E-state index in [0.717, 1.165) is 0 Å². The van der Waals surface area contributed by atoms with Crippen LogP contribution >= 0.6 is 0 Å². The molecule has 90 valence electrons. The predicted octanol–water partition coefficient (Wildman–Crippen LogP) is 3.81. The average Bonchev–Trinajstić information content (AvgIpc) is 2.75. The Bertz CT molecular complexity index is 432. The maximum Gasteiger partial charge on any atom is 0.393 e. The number of hydrogen-bond donors (Lipinski definition) is 0. The summed E-state index contributed by atoms with van der Waals surface area (Å²) in [5.74, 6) is -1.54. The zero-order valence-corrected chi connectivity index (χ0v) is 9.17. The molecule has 0 bridgehead atoms. The van der Waals surface area contributed by atoms with Gasteiger partial charge in [0.25, 0.3) is 0 Å². The second-order valence-corrected chi connectivity index (χ2v) is 4.44. The van der Waals surface area contributed by atoms with E-state index in [9.17, 15) is 18.4 Å². The Hall–Kier alpha value is -1.50. The third-order valence-corrected chi connectivity index (χ3v) is 3.54. The Kier molecular flexibility index (Phi) is 2.86. The third-order valence-electron chi connectivity index (χ3n) is 3.54. The summed E-state index contributed by atoms with van der Waals surface area (Å²) in [6.45, 7) is 0. The van der Waals surface area contributed by atoms with Gasteiger partial charge in [0.2, 0.25) is 0 Å². The summed E-state index contributed by atoms with van der Waals surface area (Å²) in [5, 5.41) is 9.25. The molecule has 1 aliphatic rings. The van der Waals surface area contributed by atoms with Gasteiger partial charge in [0.05, 0.1) is 17.4 Å². The third kappa shape index (κ3) is 1.90. The van der Waals surface area contributed by atoms with Crippen molar-refractivity contribution < 1.29 is 13.2 Å². The van der Waals surface area contributed by atoms with Crippen LogP contribution in [0.25, 0.3) is 0 Å². The standard InChI is InChI=1S/C13H12F3N/c14-13(15,16)11-7-4-8-12(11,9-17)10-5-2-1-3-6-10/h1-3,5-6,11H,4,7-8H2. The quantitative estimate of drug-likeness (QED) is 0.731. The van der Waals surface area contributed by atoms with Crippen molar-refractivity contribution in [3.63, 3.8) is 0 Å². The Morgan fingerprint density at radius 3 is 2.41 bits per heavy atom. The van der Waals surface area contributed by atoms with Gasteiger partial charge in [-0.15, -0.1) is 0 Å². The largest absolute Gasteiger partial charge is 0.393 e. The first-order valence-corrected chi connectivity index (χ1v) is 5.54. The predicted molar refractivity (Wildman–Crippen MR) is 57.1 cm³/mol. The summed E-state index contributed by atoms with van der Waals surface area (Å²) in [6, 6.07) is 10.3. The van der Waals surface area contributed by atoms with Crippen molar-refractivity contribution in [3.8, 4) is 6.07 Å². The molecule has 2 rings (SSSR count). The molecule has 0 saturated heterocycles. The van der Waals surface area contributed by atoms with Crippen LogP contribution in [0.1, 0.15) is 24.8 Å². The van der Waals surface area contributed by atoms with Crippen LogP contribution in [0.3, 0.4) is 0 Å². The van der Waals surface area contributed by atoms with Crippen molar-refractivity contribution in [3.05, 3.63) is 35.9 Å². The molecule has 1 aromatic carbocycles. The van der Waals surface area contributed by atoms with Gasteiger partial charge in [-0.3, -0.25) is 0 Å². The first kappa shape index (κ1) is 12.0. The van der Waals surface area contributed by atoms with E-state index < -0.39 is 17.5 Å². The van der Waals surface area contributed by atoms with Gasteiger partial charge >= 0.3 is 6.18 Å². The Labute approximate surface area is 97.9 Å². The fraction of sp³-hybridized carbons (Fsp3) is 0.462. The highest BCUT2D eigenvalue weighted by Gasteiger charge is 2.57. The number of alkyl halides is 3. The monoisotopic (exact) mass is 239 g/mol. The van der Waals surface area contributed by atoms with E-state index in [2.05, 4.69) is 0 Å². The minimum atomic E-state index is -4.30. The van der Waals surface area contributed by atoms with Gasteiger partial charge in [0.1, 0.15) is 0 Å². The second kappa shape index (κ2) is 4.06. The summed E-state index contributed by atoms with van der Waals surface area (Å²) in [7, 11) is 0. The van der Waals surface area contributed by atoms with E-state index in [1.54, 1.807) is 30.3 Å². The van der Waals surface area contributed by atoms with Crippen LogP contribution in [-0.4, -0.2) is 6.18 Å². The Morgan fingerprint density at radius 1 is 1.24 bits per heavy atom. The lowest BCUT2D eigenvalue weighted by Gasteiger charge is -2.30. The molecule has 2 unspecified atom stereocenters. The van der Waals surface area contributed by atoms with Crippen LogP contribution in [0.4, 0.5) is 13.2 Å². The highest BCUT2D eigenvalue weighted by molar-refractivity contribution is 5.35. The molecule has 0 N–H and O–H groups in total. The zero-order chi connectivity index (χ0) is 12.5. The van der Waals surface area contributed by atoms with Gasteiger partial charge in [0.15, 0.2) is 0 Å². The summed E-state index contributed by atoms with van der Waals surface area (Å²) in [6.07, 6.45) is -3.52. The van der Waals surface area contributed by atoms with E-state index in [1.807, 2.05) is 6.07 Å². The van der Waals surface area contributed by atoms with Crippen LogP contribution < -0.4 is 0 Å². The van der Waals surface area contributed by atoms with E-state index in [1.165, 1.54) is 0 Å². The lowest BCUT2D eigenvalue weighted by atomic mass is 9.73. The first-order valence-electron chi connectivity index (χ1n) is 5.54. The van der Waals surface area contributed by atoms with Crippen molar-refractivity contribution in [2.45, 2.75) is 30.9 Å². The molecule has 2 atom stereocenters. The van der Waals surface area contributed by atoms with Gasteiger partial charge in [-0.1, -0.05) is 36.8 Å². The topological polar surface area (TPSA) is 23.8 Å². The van der Waals surface area contributed by atoms with Crippen molar-refractivity contribution >= 4 is 0 Å². The van der Waals surface area contributed by atoms with E-state index in [0.29, 0.717) is 12.0 Å². The minimum Gasteiger partial charge on any atom is -0.197 e. The minimum absolute atomic E-state index is 0.0476. The molecule has 1 fully saturated rings. The summed E-state index contributed by atoms with van der Waals surface area (Å²) < 4.78 is 38.9. The molecule has 0 amide bonds. The fourth-order valence-corrected chi connectivity index (χ4v) is 2.73. The molecule has 1 saturated carbocycles. The van der Waals surface area contributed by atoms with Crippen LogP contribution in [0.5, 0.6) is 0 Å². The molecule has 0 aliphatic heterocycles. The second-order valence-electron chi connectivity index (χ2n) is 4.44. The molecule has 0 heterocycles. The van der Waals surface area contributed by atoms with Crippen LogP contribution in [-0.2, 0) is 5.41 Å². The molecule has 1 aromatic rings. The maximum absolute atomic E-state index is 13.0. The Balaban J connectivity index is 2.48. The molecule has 0 radical (unpaired) electrons. The number of rotatable bonds is 1. The average molecular weight is 239 g/mol. The van der Waals surface area contributed by atoms with Crippen molar-refractivity contribution in [2.75, 3.05) is 0 Å². The normalized spacial score (nSPS) is 28.9. The summed E-state index contributed by atoms with van der Waals surface area (Å²) in [4.78, 5) is 0. The molecule has 17 heavy (non-hydrogen) atoms. The maximum atomic E-state index is 13.0. The molecular formula is C13H12F3N. The van der Waals surface area contributed by atoms with Crippen LogP contribution in [0.15, 0.2) is 30.3 Å². The molecule has 0 spiro atoms. The number of nitrogens with zero attached hydrogens (tertiary/aromatic N) is 1. The van der Waals surface area contributed by atoms with Crippen LogP contribution in [0.2, 0.25) is 0 Å². The van der Waals surface area contributed by atoms with Crippen molar-refractivity contribution in [1.82, 2.24) is 0 Å². The summed E-state index contributed by atoms with van der Waals surface area (Å²) >= 11 is 0. The van der Waals surface area contributed by atoms with Gasteiger partial charge in [-0.05, 0) is 18.4 Å². The molecule has 1 nitrogen and oxygen atoms in total. The SMILES string of the molecule is N#CC1(c2ccccc2)CCCC1C(F)(F)F. The van der Waals surface area contributed by atoms with E-state index in [-0.39, 0.29) is 12.8 Å². The van der Waals surface area contributed by atoms with Gasteiger partial charge in [-0.2, -0.15) is 18.4 Å². The lowest BCUT2D eigenvalue weighted by molar-refractivity contribution is -0.183. The molecule has 4 heteroatoms. The molecular weight excluding hydrogens is 227 g/mol. The van der Waals surface area contributed by atoms with E-state index in [4.69, 9.17) is 0 Å². The number of nitriles is 1. The van der Waals surface area contributed by atoms with Crippen LogP contribution in [0, 0.1) is 17.2 Å². The van der Waals surface area contributed by atoms with Gasteiger partial charge in [0, 0.05) is 0 Å². The highest BCUT2D eigenvalue weighted by Crippen LogP contribution is 2.52. The summed E-state index contributed by atoms with van der Waals surface area (Å²) in [5.41, 5.74) is -0.901. The van der Waals surface area contributed by atoms with Gasteiger partial charge < -0.3 is 0 Å². The fourth-order valence-electron chi connectivity index (χ4n) is 2.73. The van der Waals surface area contributed by atoms with Crippen molar-refractivity contribution in [2.24, 2.45) is 5.92 Å². The number of halogens is 3. The Morgan fingerprint density at radius 2 is 1.88 bits per heavy atom. The highest BCUT2D eigenvalue weighted by atomic mass is 19.4.